The topological polar surface area (TPSA) is 96.6 Å². The van der Waals surface area contributed by atoms with Crippen molar-refractivity contribution in [3.05, 3.63) is 23.7 Å². The van der Waals surface area contributed by atoms with Crippen LogP contribution in [0.2, 0.25) is 0 Å². The molecule has 1 unspecified atom stereocenters. The van der Waals surface area contributed by atoms with Gasteiger partial charge < -0.3 is 14.8 Å². The lowest BCUT2D eigenvalue weighted by molar-refractivity contribution is 0.0659. The predicted molar refractivity (Wildman–Crippen MR) is 70.8 cm³/mol. The molecule has 0 saturated heterocycles. The van der Waals surface area contributed by atoms with Gasteiger partial charge in [-0.15, -0.1) is 0 Å². The van der Waals surface area contributed by atoms with Crippen LogP contribution in [-0.2, 0) is 10.8 Å². The summed E-state index contributed by atoms with van der Waals surface area (Å²) in [7, 11) is -1.05. The van der Waals surface area contributed by atoms with Crippen LogP contribution in [0.3, 0.4) is 0 Å². The van der Waals surface area contributed by atoms with Crippen LogP contribution in [0.4, 0.5) is 0 Å². The average molecular weight is 287 g/mol. The van der Waals surface area contributed by atoms with Crippen LogP contribution in [0.15, 0.2) is 16.5 Å². The molecule has 19 heavy (non-hydrogen) atoms. The molecule has 0 spiro atoms. The molecule has 0 radical (unpaired) electrons. The summed E-state index contributed by atoms with van der Waals surface area (Å²) in [6.45, 7) is 5.82. The maximum absolute atomic E-state index is 11.7. The van der Waals surface area contributed by atoms with Crippen molar-refractivity contribution in [2.45, 2.75) is 25.5 Å². The SMILES string of the molecule is CC(C)(C)S(=O)CCNC(=O)c1ccc(C(=O)O)o1. The first kappa shape index (κ1) is 15.4. The third-order valence-electron chi connectivity index (χ3n) is 2.30. The maximum atomic E-state index is 11.7. The van der Waals surface area contributed by atoms with Gasteiger partial charge in [-0.1, -0.05) is 0 Å². The number of aromatic carboxylic acids is 1. The van der Waals surface area contributed by atoms with Gasteiger partial charge >= 0.3 is 5.97 Å². The van der Waals surface area contributed by atoms with Crippen molar-refractivity contribution in [1.82, 2.24) is 5.32 Å². The van der Waals surface area contributed by atoms with Crippen LogP contribution in [-0.4, -0.2) is 38.2 Å². The van der Waals surface area contributed by atoms with E-state index >= 15 is 0 Å². The van der Waals surface area contributed by atoms with Crippen LogP contribution < -0.4 is 5.32 Å². The van der Waals surface area contributed by atoms with Gasteiger partial charge in [0.15, 0.2) is 5.76 Å². The minimum atomic E-state index is -1.23. The average Bonchev–Trinajstić information content (AvgIpc) is 2.76. The van der Waals surface area contributed by atoms with Crippen LogP contribution in [0.1, 0.15) is 41.9 Å². The summed E-state index contributed by atoms with van der Waals surface area (Å²) in [4.78, 5) is 22.2. The number of carboxylic acids is 1. The second-order valence-corrected chi connectivity index (χ2v) is 7.21. The van der Waals surface area contributed by atoms with E-state index in [0.29, 0.717) is 5.75 Å². The molecule has 1 aromatic rings. The van der Waals surface area contributed by atoms with Crippen molar-refractivity contribution in [3.8, 4) is 0 Å². The highest BCUT2D eigenvalue weighted by Crippen LogP contribution is 2.11. The van der Waals surface area contributed by atoms with Gasteiger partial charge in [-0.05, 0) is 32.9 Å². The summed E-state index contributed by atoms with van der Waals surface area (Å²) >= 11 is 0. The predicted octanol–water partition coefficient (Wildman–Crippen LogP) is 1.25. The Hall–Kier alpha value is -1.63. The molecule has 1 rings (SSSR count). The van der Waals surface area contributed by atoms with E-state index in [-0.39, 0.29) is 22.8 Å². The van der Waals surface area contributed by atoms with Crippen LogP contribution in [0.5, 0.6) is 0 Å². The molecule has 2 N–H and O–H groups in total. The highest BCUT2D eigenvalue weighted by atomic mass is 32.2. The summed E-state index contributed by atoms with van der Waals surface area (Å²) in [5.41, 5.74) is 0. The molecular weight excluding hydrogens is 270 g/mol. The Balaban J connectivity index is 2.47. The van der Waals surface area contributed by atoms with Crippen molar-refractivity contribution < 1.29 is 23.3 Å². The number of amides is 1. The van der Waals surface area contributed by atoms with E-state index in [9.17, 15) is 13.8 Å². The fourth-order valence-electron chi connectivity index (χ4n) is 1.23. The molecule has 0 aromatic carbocycles. The third kappa shape index (κ3) is 4.51. The molecular formula is C12H17NO5S. The smallest absolute Gasteiger partial charge is 0.371 e. The van der Waals surface area contributed by atoms with E-state index in [0.717, 1.165) is 0 Å². The lowest BCUT2D eigenvalue weighted by atomic mass is 10.3. The van der Waals surface area contributed by atoms with Gasteiger partial charge in [0.2, 0.25) is 5.76 Å². The summed E-state index contributed by atoms with van der Waals surface area (Å²) in [5, 5.41) is 11.2. The lowest BCUT2D eigenvalue weighted by Gasteiger charge is -2.17. The van der Waals surface area contributed by atoms with Crippen molar-refractivity contribution in [1.29, 1.82) is 0 Å². The Morgan fingerprint density at radius 2 is 1.89 bits per heavy atom. The zero-order chi connectivity index (χ0) is 14.6. The van der Waals surface area contributed by atoms with Crippen molar-refractivity contribution in [3.63, 3.8) is 0 Å². The Bertz CT molecular complexity index is 500. The molecule has 0 saturated carbocycles. The summed E-state index contributed by atoms with van der Waals surface area (Å²) in [5.74, 6) is -1.77. The molecule has 1 amide bonds. The summed E-state index contributed by atoms with van der Waals surface area (Å²) in [6, 6.07) is 2.50. The van der Waals surface area contributed by atoms with Gasteiger partial charge in [0.05, 0.1) is 0 Å². The van der Waals surface area contributed by atoms with Gasteiger partial charge in [-0.3, -0.25) is 9.00 Å². The Kier molecular flexibility index (Phi) is 4.88. The summed E-state index contributed by atoms with van der Waals surface area (Å²) < 4.78 is 16.3. The molecule has 0 aliphatic rings. The highest BCUT2D eigenvalue weighted by Gasteiger charge is 2.19. The molecule has 7 heteroatoms. The van der Waals surface area contributed by atoms with Gasteiger partial charge in [0.1, 0.15) is 0 Å². The Labute approximate surface area is 113 Å². The van der Waals surface area contributed by atoms with Crippen LogP contribution >= 0.6 is 0 Å². The Morgan fingerprint density at radius 3 is 2.37 bits per heavy atom. The third-order valence-corrected chi connectivity index (χ3v) is 4.24. The van der Waals surface area contributed by atoms with Gasteiger partial charge in [0.25, 0.3) is 5.91 Å². The molecule has 106 valence electrons. The van der Waals surface area contributed by atoms with Gasteiger partial charge in [0, 0.05) is 27.8 Å². The van der Waals surface area contributed by atoms with Crippen molar-refractivity contribution >= 4 is 22.7 Å². The maximum Gasteiger partial charge on any atom is 0.371 e. The fraction of sp³-hybridized carbons (Fsp3) is 0.500. The van der Waals surface area contributed by atoms with Gasteiger partial charge in [-0.25, -0.2) is 4.79 Å². The molecule has 0 aliphatic carbocycles. The second-order valence-electron chi connectivity index (χ2n) is 4.89. The second kappa shape index (κ2) is 6.01. The van der Waals surface area contributed by atoms with Crippen LogP contribution in [0.25, 0.3) is 0 Å². The first-order valence-electron chi connectivity index (χ1n) is 5.71. The van der Waals surface area contributed by atoms with Crippen molar-refractivity contribution in [2.75, 3.05) is 12.3 Å². The number of furan rings is 1. The molecule has 0 fully saturated rings. The quantitative estimate of drug-likeness (QED) is 0.849. The van der Waals surface area contributed by atoms with E-state index in [2.05, 4.69) is 5.32 Å². The molecule has 0 bridgehead atoms. The standard InChI is InChI=1S/C12H17NO5S/c1-12(2,3)19(17)7-6-13-10(14)8-4-5-9(18-8)11(15)16/h4-5H,6-7H2,1-3H3,(H,13,14)(H,15,16). The van der Waals surface area contributed by atoms with Gasteiger partial charge in [-0.2, -0.15) is 0 Å². The minimum Gasteiger partial charge on any atom is -0.475 e. The zero-order valence-electron chi connectivity index (χ0n) is 11.1. The highest BCUT2D eigenvalue weighted by molar-refractivity contribution is 7.86. The van der Waals surface area contributed by atoms with Crippen LogP contribution in [0, 0.1) is 0 Å². The fourth-order valence-corrected chi connectivity index (χ4v) is 2.13. The number of carbonyl (C=O) groups is 2. The number of rotatable bonds is 5. The van der Waals surface area contributed by atoms with E-state index in [1.54, 1.807) is 0 Å². The van der Waals surface area contributed by atoms with E-state index < -0.39 is 22.7 Å². The first-order valence-corrected chi connectivity index (χ1v) is 7.03. The zero-order valence-corrected chi connectivity index (χ0v) is 11.9. The molecule has 1 aromatic heterocycles. The number of hydrogen-bond acceptors (Lipinski definition) is 4. The molecule has 6 nitrogen and oxygen atoms in total. The molecule has 1 heterocycles. The molecule has 0 aliphatic heterocycles. The first-order chi connectivity index (χ1) is 8.71. The Morgan fingerprint density at radius 1 is 1.32 bits per heavy atom. The van der Waals surface area contributed by atoms with E-state index in [1.165, 1.54) is 12.1 Å². The van der Waals surface area contributed by atoms with E-state index in [1.807, 2.05) is 20.8 Å². The lowest BCUT2D eigenvalue weighted by Crippen LogP contribution is -2.32. The number of hydrogen-bond donors (Lipinski definition) is 2. The van der Waals surface area contributed by atoms with Crippen molar-refractivity contribution in [2.24, 2.45) is 0 Å². The normalized spacial score (nSPS) is 13.0. The minimum absolute atomic E-state index is 0.0704. The number of carbonyl (C=O) groups excluding carboxylic acids is 1. The molecule has 1 atom stereocenters. The largest absolute Gasteiger partial charge is 0.475 e. The summed E-state index contributed by atoms with van der Waals surface area (Å²) in [6.07, 6.45) is 0. The number of carboxylic acid groups (broad SMARTS) is 1. The van der Waals surface area contributed by atoms with E-state index in [4.69, 9.17) is 9.52 Å². The number of nitrogens with one attached hydrogen (secondary N) is 1. The monoisotopic (exact) mass is 287 g/mol.